The Morgan fingerprint density at radius 2 is 2.15 bits per heavy atom. The molecule has 0 aromatic carbocycles. The first-order chi connectivity index (χ1) is 12.5. The van der Waals surface area contributed by atoms with Crippen molar-refractivity contribution >= 4 is 40.5 Å². The number of carbonyl (C=O) groups is 1. The van der Waals surface area contributed by atoms with Crippen LogP contribution in [0.25, 0.3) is 0 Å². The van der Waals surface area contributed by atoms with Gasteiger partial charge in [-0.05, 0) is 12.8 Å². The molecule has 1 amide bonds. The molecule has 0 bridgehead atoms. The van der Waals surface area contributed by atoms with Gasteiger partial charge in [-0.1, -0.05) is 43.4 Å². The summed E-state index contributed by atoms with van der Waals surface area (Å²) in [6, 6.07) is 0. The van der Waals surface area contributed by atoms with Gasteiger partial charge < -0.3 is 10.6 Å². The number of nitrogen functional groups attached to an aromatic ring is 1. The number of rotatable bonds is 9. The number of H-pyrrole nitrogens is 1. The van der Waals surface area contributed by atoms with Gasteiger partial charge in [-0.2, -0.15) is 0 Å². The second kappa shape index (κ2) is 9.53. The number of hydrogen-bond acceptors (Lipinski definition) is 8. The molecule has 2 heterocycles. The highest BCUT2D eigenvalue weighted by molar-refractivity contribution is 8.01. The molecule has 2 rings (SSSR count). The van der Waals surface area contributed by atoms with Gasteiger partial charge in [0.25, 0.3) is 5.56 Å². The number of nitrogens with two attached hydrogens (primary N) is 1. The van der Waals surface area contributed by atoms with E-state index in [4.69, 9.17) is 5.73 Å². The van der Waals surface area contributed by atoms with E-state index in [9.17, 15) is 14.4 Å². The molecule has 0 radical (unpaired) electrons. The Labute approximate surface area is 158 Å². The van der Waals surface area contributed by atoms with E-state index < -0.39 is 11.2 Å². The second-order valence-corrected chi connectivity index (χ2v) is 7.59. The fourth-order valence-electron chi connectivity index (χ4n) is 2.39. The topological polar surface area (TPSA) is 127 Å². The van der Waals surface area contributed by atoms with E-state index in [1.54, 1.807) is 5.51 Å². The maximum Gasteiger partial charge on any atom is 0.330 e. The predicted octanol–water partition coefficient (Wildman–Crippen LogP) is 1.31. The van der Waals surface area contributed by atoms with Gasteiger partial charge in [-0.25, -0.2) is 4.79 Å². The third-order valence-corrected chi connectivity index (χ3v) is 5.47. The summed E-state index contributed by atoms with van der Waals surface area (Å²) in [7, 11) is 0. The zero-order chi connectivity index (χ0) is 19.1. The molecule has 0 aliphatic heterocycles. The number of aromatic amines is 1. The molecule has 0 aliphatic carbocycles. The van der Waals surface area contributed by atoms with Crippen LogP contribution in [0.3, 0.4) is 0 Å². The number of nitrogens with one attached hydrogen (secondary N) is 1. The molecule has 9 nitrogen and oxygen atoms in total. The van der Waals surface area contributed by atoms with Crippen LogP contribution >= 0.6 is 23.1 Å². The summed E-state index contributed by atoms with van der Waals surface area (Å²) in [5.74, 6) is -0.145. The van der Waals surface area contributed by atoms with Gasteiger partial charge in [-0.15, -0.1) is 10.2 Å². The molecular formula is C15H22N6O3S2. The molecule has 0 spiro atoms. The summed E-state index contributed by atoms with van der Waals surface area (Å²) in [5, 5.41) is 7.62. The molecule has 2 aromatic heterocycles. The van der Waals surface area contributed by atoms with Gasteiger partial charge in [-0.3, -0.25) is 19.1 Å². The van der Waals surface area contributed by atoms with Crippen LogP contribution in [0.2, 0.25) is 0 Å². The fraction of sp³-hybridized carbons (Fsp3) is 0.533. The predicted molar refractivity (Wildman–Crippen MR) is 104 cm³/mol. The Kier molecular flexibility index (Phi) is 7.39. The summed E-state index contributed by atoms with van der Waals surface area (Å²) in [4.78, 5) is 40.8. The smallest absolute Gasteiger partial charge is 0.330 e. The second-order valence-electron chi connectivity index (χ2n) is 5.54. The van der Waals surface area contributed by atoms with E-state index in [0.717, 1.165) is 6.42 Å². The fourth-order valence-corrected chi connectivity index (χ4v) is 3.75. The first-order valence-electron chi connectivity index (χ1n) is 8.31. The van der Waals surface area contributed by atoms with Crippen molar-refractivity contribution in [3.8, 4) is 0 Å². The van der Waals surface area contributed by atoms with Gasteiger partial charge >= 0.3 is 5.69 Å². The van der Waals surface area contributed by atoms with Crippen molar-refractivity contribution in [1.29, 1.82) is 0 Å². The molecule has 2 aromatic rings. The SMILES string of the molecule is CCCCN(C(=O)CSc1nncs1)c1c(N)n(CCC)c(=O)[nH]c1=O. The number of aromatic nitrogens is 4. The summed E-state index contributed by atoms with van der Waals surface area (Å²) in [5.41, 5.74) is 6.51. The van der Waals surface area contributed by atoms with Gasteiger partial charge in [0.15, 0.2) is 10.0 Å². The largest absolute Gasteiger partial charge is 0.383 e. The van der Waals surface area contributed by atoms with E-state index in [1.165, 1.54) is 32.6 Å². The monoisotopic (exact) mass is 398 g/mol. The zero-order valence-corrected chi connectivity index (χ0v) is 16.4. The molecule has 3 N–H and O–H groups in total. The third-order valence-electron chi connectivity index (χ3n) is 3.63. The first kappa shape index (κ1) is 20.2. The minimum atomic E-state index is -0.648. The van der Waals surface area contributed by atoms with Gasteiger partial charge in [0, 0.05) is 13.1 Å². The minimum absolute atomic E-state index is 0.0194. The quantitative estimate of drug-likeness (QED) is 0.610. The zero-order valence-electron chi connectivity index (χ0n) is 14.7. The molecule has 0 aliphatic rings. The van der Waals surface area contributed by atoms with Crippen molar-refractivity contribution in [2.45, 2.75) is 44.0 Å². The van der Waals surface area contributed by atoms with Gasteiger partial charge in [0.2, 0.25) is 5.91 Å². The lowest BCUT2D eigenvalue weighted by Crippen LogP contribution is -2.42. The lowest BCUT2D eigenvalue weighted by molar-refractivity contribution is -0.116. The molecule has 26 heavy (non-hydrogen) atoms. The first-order valence-corrected chi connectivity index (χ1v) is 10.2. The van der Waals surface area contributed by atoms with Gasteiger partial charge in [0.05, 0.1) is 5.75 Å². The molecule has 0 atom stereocenters. The van der Waals surface area contributed by atoms with Crippen molar-refractivity contribution in [1.82, 2.24) is 19.7 Å². The van der Waals surface area contributed by atoms with Crippen molar-refractivity contribution in [3.63, 3.8) is 0 Å². The molecule has 0 fully saturated rings. The van der Waals surface area contributed by atoms with Crippen LogP contribution in [0.4, 0.5) is 11.5 Å². The van der Waals surface area contributed by atoms with Gasteiger partial charge in [0.1, 0.15) is 11.3 Å². The van der Waals surface area contributed by atoms with E-state index in [-0.39, 0.29) is 23.2 Å². The molecule has 142 valence electrons. The maximum atomic E-state index is 12.8. The van der Waals surface area contributed by atoms with Crippen molar-refractivity contribution in [2.24, 2.45) is 0 Å². The number of hydrogen-bond donors (Lipinski definition) is 2. The molecular weight excluding hydrogens is 376 g/mol. The van der Waals surface area contributed by atoms with Crippen LogP contribution in [0.5, 0.6) is 0 Å². The maximum absolute atomic E-state index is 12.8. The summed E-state index contributed by atoms with van der Waals surface area (Å²) < 4.78 is 1.97. The van der Waals surface area contributed by atoms with Crippen LogP contribution in [-0.4, -0.2) is 38.0 Å². The number of anilines is 2. The van der Waals surface area contributed by atoms with Crippen LogP contribution in [0.15, 0.2) is 19.4 Å². The number of nitrogens with zero attached hydrogens (tertiary/aromatic N) is 4. The highest BCUT2D eigenvalue weighted by Gasteiger charge is 2.24. The highest BCUT2D eigenvalue weighted by atomic mass is 32.2. The summed E-state index contributed by atoms with van der Waals surface area (Å²) >= 11 is 2.59. The Morgan fingerprint density at radius 3 is 2.77 bits per heavy atom. The van der Waals surface area contributed by atoms with E-state index in [2.05, 4.69) is 15.2 Å². The lowest BCUT2D eigenvalue weighted by atomic mass is 10.2. The number of unbranched alkanes of at least 4 members (excludes halogenated alkanes) is 1. The number of carbonyl (C=O) groups excluding carboxylic acids is 1. The standard InChI is InChI=1S/C15H22N6O3S2/c1-3-5-7-20(10(22)8-25-15-19-17-9-26-15)11-12(16)21(6-4-2)14(24)18-13(11)23/h9H,3-8,16H2,1-2H3,(H,18,23,24). The van der Waals surface area contributed by atoms with E-state index in [0.29, 0.717) is 30.3 Å². The van der Waals surface area contributed by atoms with Crippen LogP contribution in [-0.2, 0) is 11.3 Å². The Morgan fingerprint density at radius 1 is 1.38 bits per heavy atom. The Hall–Kier alpha value is -2.14. The molecule has 11 heteroatoms. The summed E-state index contributed by atoms with van der Waals surface area (Å²) in [6.45, 7) is 4.60. The van der Waals surface area contributed by atoms with E-state index >= 15 is 0 Å². The van der Waals surface area contributed by atoms with Crippen LogP contribution in [0.1, 0.15) is 33.1 Å². The third kappa shape index (κ3) is 4.73. The lowest BCUT2D eigenvalue weighted by Gasteiger charge is -2.24. The van der Waals surface area contributed by atoms with Crippen LogP contribution in [0, 0.1) is 0 Å². The van der Waals surface area contributed by atoms with Crippen LogP contribution < -0.4 is 21.9 Å². The number of amides is 1. The summed E-state index contributed by atoms with van der Waals surface area (Å²) in [6.07, 6.45) is 2.23. The van der Waals surface area contributed by atoms with Crippen molar-refractivity contribution in [3.05, 3.63) is 26.3 Å². The Balaban J connectivity index is 2.36. The van der Waals surface area contributed by atoms with Crippen molar-refractivity contribution < 1.29 is 4.79 Å². The number of thioether (sulfide) groups is 1. The minimum Gasteiger partial charge on any atom is -0.383 e. The van der Waals surface area contributed by atoms with E-state index in [1.807, 2.05) is 13.8 Å². The Bertz CT molecular complexity index is 846. The normalized spacial score (nSPS) is 10.8. The average Bonchev–Trinajstić information content (AvgIpc) is 3.12. The molecule has 0 unspecified atom stereocenters. The molecule has 0 saturated heterocycles. The molecule has 0 saturated carbocycles. The van der Waals surface area contributed by atoms with Crippen molar-refractivity contribution in [2.75, 3.05) is 22.9 Å². The highest BCUT2D eigenvalue weighted by Crippen LogP contribution is 2.23. The average molecular weight is 399 g/mol.